The summed E-state index contributed by atoms with van der Waals surface area (Å²) in [5.41, 5.74) is 2.00. The van der Waals surface area contributed by atoms with Gasteiger partial charge in [-0.05, 0) is 53.8 Å². The van der Waals surface area contributed by atoms with E-state index in [1.54, 1.807) is 12.1 Å². The van der Waals surface area contributed by atoms with Gasteiger partial charge in [0.1, 0.15) is 11.8 Å². The fraction of sp³-hybridized carbons (Fsp3) is 0.294. The van der Waals surface area contributed by atoms with Gasteiger partial charge in [-0.2, -0.15) is 13.2 Å². The van der Waals surface area contributed by atoms with Gasteiger partial charge in [0.25, 0.3) is 0 Å². The van der Waals surface area contributed by atoms with Crippen LogP contribution in [0.4, 0.5) is 24.5 Å². The lowest BCUT2D eigenvalue weighted by Crippen LogP contribution is -2.33. The summed E-state index contributed by atoms with van der Waals surface area (Å²) in [5, 5.41) is 2.16. The lowest BCUT2D eigenvalue weighted by atomic mass is 9.81. The largest absolute Gasteiger partial charge is 0.416 e. The third-order valence-electron chi connectivity index (χ3n) is 8.25. The van der Waals surface area contributed by atoms with Crippen LogP contribution in [0.5, 0.6) is 0 Å². The number of anilines is 2. The van der Waals surface area contributed by atoms with Gasteiger partial charge in [-0.15, -0.1) is 0 Å². The average Bonchev–Trinajstić information content (AvgIpc) is 3.43. The molecule has 2 aliphatic heterocycles. The molecule has 0 aliphatic carbocycles. The van der Waals surface area contributed by atoms with Crippen molar-refractivity contribution >= 4 is 52.2 Å². The number of thiazole rings is 1. The number of amides is 3. The number of fused-ring (bicyclic) bond motifs is 2. The number of halogens is 3. The van der Waals surface area contributed by atoms with Crippen molar-refractivity contribution in [2.24, 2.45) is 5.92 Å². The Labute approximate surface area is 271 Å². The number of hydrogen-bond donors (Lipinski definition) is 1. The first kappa shape index (κ1) is 31.8. The van der Waals surface area contributed by atoms with Crippen molar-refractivity contribution in [2.75, 3.05) is 10.2 Å². The Kier molecular flexibility index (Phi) is 8.00. The van der Waals surface area contributed by atoms with Gasteiger partial charge in [-0.1, -0.05) is 91.9 Å². The quantitative estimate of drug-likeness (QED) is 0.233. The molecule has 7 nitrogen and oxygen atoms in total. The Hall–Kier alpha value is -4.16. The van der Waals surface area contributed by atoms with Crippen molar-refractivity contribution in [2.45, 2.75) is 62.0 Å². The fourth-order valence-corrected chi connectivity index (χ4v) is 8.63. The maximum absolute atomic E-state index is 14.1. The van der Waals surface area contributed by atoms with Crippen LogP contribution in [0.25, 0.3) is 0 Å². The topological polar surface area (TPSA) is 88.5 Å². The lowest BCUT2D eigenvalue weighted by molar-refractivity contribution is -0.137. The van der Waals surface area contributed by atoms with Crippen LogP contribution in [0.2, 0.25) is 0 Å². The molecule has 3 atom stereocenters. The van der Waals surface area contributed by atoms with Crippen LogP contribution in [0.3, 0.4) is 0 Å². The highest BCUT2D eigenvalue weighted by atomic mass is 32.2. The zero-order chi connectivity index (χ0) is 33.1. The van der Waals surface area contributed by atoms with Crippen molar-refractivity contribution in [1.29, 1.82) is 0 Å². The van der Waals surface area contributed by atoms with E-state index in [-0.39, 0.29) is 17.6 Å². The maximum Gasteiger partial charge on any atom is 0.416 e. The van der Waals surface area contributed by atoms with E-state index in [0.717, 1.165) is 57.3 Å². The molecule has 46 heavy (non-hydrogen) atoms. The molecule has 0 saturated carbocycles. The number of benzene rings is 3. The summed E-state index contributed by atoms with van der Waals surface area (Å²) in [4.78, 5) is 55.5. The average molecular weight is 666 g/mol. The number of thioether (sulfide) groups is 1. The number of rotatable bonds is 5. The van der Waals surface area contributed by atoms with Crippen LogP contribution in [-0.4, -0.2) is 27.5 Å². The fourth-order valence-electron chi connectivity index (χ4n) is 5.86. The lowest BCUT2D eigenvalue weighted by Gasteiger charge is -2.31. The smallest absolute Gasteiger partial charge is 0.325 e. The number of aryl methyl sites for hydroxylation is 1. The summed E-state index contributed by atoms with van der Waals surface area (Å²) >= 11 is 1.92. The first-order chi connectivity index (χ1) is 21.6. The molecule has 1 aromatic heterocycles. The molecule has 2 unspecified atom stereocenters. The minimum Gasteiger partial charge on any atom is -0.325 e. The molecule has 4 aromatic rings. The van der Waals surface area contributed by atoms with Crippen LogP contribution in [0, 0.1) is 12.8 Å². The summed E-state index contributed by atoms with van der Waals surface area (Å²) < 4.78 is 42.0. The molecular formula is C34H30F3N3O4S2. The molecule has 1 fully saturated rings. The summed E-state index contributed by atoms with van der Waals surface area (Å²) in [6, 6.07) is 19.0. The van der Waals surface area contributed by atoms with E-state index in [9.17, 15) is 32.3 Å². The molecule has 0 spiro atoms. The highest BCUT2D eigenvalue weighted by Gasteiger charge is 2.57. The van der Waals surface area contributed by atoms with E-state index in [0.29, 0.717) is 21.2 Å². The normalized spacial score (nSPS) is 19.6. The first-order valence-electron chi connectivity index (χ1n) is 14.6. The van der Waals surface area contributed by atoms with Crippen LogP contribution >= 0.6 is 23.1 Å². The van der Waals surface area contributed by atoms with E-state index >= 15 is 0 Å². The van der Waals surface area contributed by atoms with Gasteiger partial charge in [-0.3, -0.25) is 23.7 Å². The van der Waals surface area contributed by atoms with Crippen molar-refractivity contribution in [3.05, 3.63) is 110 Å². The monoisotopic (exact) mass is 665 g/mol. The van der Waals surface area contributed by atoms with Crippen LogP contribution < -0.4 is 15.1 Å². The molecule has 1 saturated heterocycles. The summed E-state index contributed by atoms with van der Waals surface area (Å²) in [6.45, 7) is 7.79. The van der Waals surface area contributed by atoms with Gasteiger partial charge in [0.15, 0.2) is 0 Å². The van der Waals surface area contributed by atoms with Crippen molar-refractivity contribution in [1.82, 2.24) is 4.57 Å². The van der Waals surface area contributed by atoms with E-state index in [1.165, 1.54) is 10.6 Å². The number of carbonyl (C=O) groups is 3. The van der Waals surface area contributed by atoms with Gasteiger partial charge in [0.05, 0.1) is 22.2 Å². The van der Waals surface area contributed by atoms with Crippen LogP contribution in [-0.2, 0) is 32.5 Å². The zero-order valence-corrected chi connectivity index (χ0v) is 27.0. The molecule has 2 aliphatic rings. The Morgan fingerprint density at radius 2 is 1.57 bits per heavy atom. The van der Waals surface area contributed by atoms with E-state index in [2.05, 4.69) is 26.1 Å². The van der Waals surface area contributed by atoms with Gasteiger partial charge >= 0.3 is 11.0 Å². The molecular weight excluding hydrogens is 636 g/mol. The second-order valence-electron chi connectivity index (χ2n) is 12.5. The molecule has 0 bridgehead atoms. The second-order valence-corrected chi connectivity index (χ2v) is 14.6. The number of hydrogen-bond acceptors (Lipinski definition) is 6. The van der Waals surface area contributed by atoms with Gasteiger partial charge in [-0.25, -0.2) is 4.90 Å². The van der Waals surface area contributed by atoms with Crippen molar-refractivity contribution < 1.29 is 27.6 Å². The predicted octanol–water partition coefficient (Wildman–Crippen LogP) is 6.97. The molecule has 3 amide bonds. The number of aromatic nitrogens is 1. The Balaban J connectivity index is 1.42. The van der Waals surface area contributed by atoms with Gasteiger partial charge < -0.3 is 5.32 Å². The Morgan fingerprint density at radius 3 is 2.20 bits per heavy atom. The van der Waals surface area contributed by atoms with E-state index < -0.39 is 51.4 Å². The molecule has 1 N–H and O–H groups in total. The third-order valence-corrected chi connectivity index (χ3v) is 10.9. The van der Waals surface area contributed by atoms with E-state index in [4.69, 9.17) is 0 Å². The highest BCUT2D eigenvalue weighted by Crippen LogP contribution is 2.54. The minimum atomic E-state index is -4.67. The zero-order valence-electron chi connectivity index (χ0n) is 25.3. The van der Waals surface area contributed by atoms with Gasteiger partial charge in [0, 0.05) is 16.5 Å². The molecule has 238 valence electrons. The number of nitrogens with one attached hydrogen (secondary N) is 1. The SMILES string of the molecule is Cc1ccc(NC(=O)Cn2c3c(sc2=O)[C@H](c2ccc(C(C)(C)C)cc2)C2C(=O)N(c4cccc(C(F)(F)F)c4)C(=O)C2S3)cc1. The minimum absolute atomic E-state index is 0.160. The molecule has 6 rings (SSSR count). The maximum atomic E-state index is 14.1. The van der Waals surface area contributed by atoms with Crippen LogP contribution in [0.1, 0.15) is 53.8 Å². The number of carbonyl (C=O) groups excluding carboxylic acids is 3. The first-order valence-corrected chi connectivity index (χ1v) is 16.3. The van der Waals surface area contributed by atoms with Crippen molar-refractivity contribution in [3.8, 4) is 0 Å². The van der Waals surface area contributed by atoms with Crippen LogP contribution in [0.15, 0.2) is 82.6 Å². The van der Waals surface area contributed by atoms with Gasteiger partial charge in [0.2, 0.25) is 17.7 Å². The predicted molar refractivity (Wildman–Crippen MR) is 172 cm³/mol. The number of nitrogens with zero attached hydrogens (tertiary/aromatic N) is 2. The standard InChI is InChI=1S/C34H30F3N3O4S2/c1-18-8-14-22(15-9-18)38-24(41)17-39-31-28(46-32(39)44)25(19-10-12-20(13-11-19)33(2,3)4)26-27(45-31)30(43)40(29(26)42)23-7-5-6-21(16-23)34(35,36)37/h5-16,25-27H,17H2,1-4H3,(H,38,41)/t25-,26?,27?/m1/s1. The van der Waals surface area contributed by atoms with Crippen molar-refractivity contribution in [3.63, 3.8) is 0 Å². The second kappa shape index (κ2) is 11.6. The molecule has 3 heterocycles. The summed E-state index contributed by atoms with van der Waals surface area (Å²) in [5.74, 6) is -3.47. The molecule has 0 radical (unpaired) electrons. The summed E-state index contributed by atoms with van der Waals surface area (Å²) in [6.07, 6.45) is -4.67. The third kappa shape index (κ3) is 5.79. The van der Waals surface area contributed by atoms with E-state index in [1.807, 2.05) is 43.3 Å². The summed E-state index contributed by atoms with van der Waals surface area (Å²) in [7, 11) is 0. The highest BCUT2D eigenvalue weighted by molar-refractivity contribution is 8.00. The number of imide groups is 1. The molecule has 3 aromatic carbocycles. The Bertz CT molecular complexity index is 1910. The Morgan fingerprint density at radius 1 is 0.891 bits per heavy atom. The number of alkyl halides is 3. The molecule has 12 heteroatoms.